The molecule has 1 atom stereocenters. The Morgan fingerprint density at radius 2 is 2.26 bits per heavy atom. The molecule has 2 heterocycles. The highest BCUT2D eigenvalue weighted by Gasteiger charge is 2.18. The third-order valence-corrected chi connectivity index (χ3v) is 3.79. The Morgan fingerprint density at radius 3 is 3.04 bits per heavy atom. The van der Waals surface area contributed by atoms with E-state index in [0.717, 1.165) is 31.0 Å². The monoisotopic (exact) mass is 316 g/mol. The molecule has 7 heteroatoms. The number of nitrogens with one attached hydrogen (secondary N) is 2. The summed E-state index contributed by atoms with van der Waals surface area (Å²) >= 11 is 0. The van der Waals surface area contributed by atoms with Gasteiger partial charge in [0, 0.05) is 38.3 Å². The number of rotatable bonds is 4. The molecule has 4 N–H and O–H groups in total. The average molecular weight is 316 g/mol. The number of nitrogens with two attached hydrogens (primary N) is 1. The van der Waals surface area contributed by atoms with Crippen LogP contribution in [0.15, 0.2) is 30.3 Å². The molecule has 3 rings (SSSR count). The Labute approximate surface area is 134 Å². The molecule has 0 aliphatic carbocycles. The van der Waals surface area contributed by atoms with E-state index in [-0.39, 0.29) is 11.8 Å². The van der Waals surface area contributed by atoms with Gasteiger partial charge in [0.15, 0.2) is 0 Å². The van der Waals surface area contributed by atoms with Gasteiger partial charge in [-0.2, -0.15) is 9.97 Å². The smallest absolute Gasteiger partial charge is 0.223 e. The van der Waals surface area contributed by atoms with E-state index >= 15 is 0 Å². The first-order valence-electron chi connectivity index (χ1n) is 7.71. The summed E-state index contributed by atoms with van der Waals surface area (Å²) in [6.45, 7) is 5.28. The Balaban J connectivity index is 1.72. The van der Waals surface area contributed by atoms with Gasteiger partial charge in [0.1, 0.15) is 17.5 Å². The van der Waals surface area contributed by atoms with E-state index in [1.165, 1.54) is 12.1 Å². The van der Waals surface area contributed by atoms with Crippen molar-refractivity contribution in [2.75, 3.05) is 35.6 Å². The van der Waals surface area contributed by atoms with E-state index < -0.39 is 0 Å². The Hall–Kier alpha value is -2.41. The highest BCUT2D eigenvalue weighted by atomic mass is 19.1. The standard InChI is InChI=1S/C16H21FN6/c1-11-10-23(6-5-19-11)15-8-14(21-16(18)22-15)20-9-12-3-2-4-13(17)7-12/h2-4,7-8,11,19H,5-6,9-10H2,1H3,(H3,18,20,21,22)/t11-/m0/s1. The van der Waals surface area contributed by atoms with Gasteiger partial charge in [0.2, 0.25) is 5.95 Å². The lowest BCUT2D eigenvalue weighted by Crippen LogP contribution is -2.49. The normalized spacial score (nSPS) is 18.0. The predicted octanol–water partition coefficient (Wildman–Crippen LogP) is 1.61. The van der Waals surface area contributed by atoms with Crippen molar-refractivity contribution in [2.24, 2.45) is 0 Å². The zero-order valence-electron chi connectivity index (χ0n) is 13.1. The fourth-order valence-corrected chi connectivity index (χ4v) is 2.69. The van der Waals surface area contributed by atoms with Crippen molar-refractivity contribution in [1.29, 1.82) is 0 Å². The first-order chi connectivity index (χ1) is 11.1. The number of hydrogen-bond acceptors (Lipinski definition) is 6. The van der Waals surface area contributed by atoms with Crippen molar-refractivity contribution < 1.29 is 4.39 Å². The van der Waals surface area contributed by atoms with Crippen LogP contribution in [0, 0.1) is 5.82 Å². The van der Waals surface area contributed by atoms with E-state index in [1.54, 1.807) is 6.07 Å². The van der Waals surface area contributed by atoms with Gasteiger partial charge < -0.3 is 21.3 Å². The van der Waals surface area contributed by atoms with Crippen LogP contribution in [0.2, 0.25) is 0 Å². The van der Waals surface area contributed by atoms with Crippen molar-refractivity contribution >= 4 is 17.6 Å². The molecule has 1 aromatic carbocycles. The van der Waals surface area contributed by atoms with Crippen molar-refractivity contribution in [3.05, 3.63) is 41.7 Å². The fourth-order valence-electron chi connectivity index (χ4n) is 2.69. The zero-order valence-corrected chi connectivity index (χ0v) is 13.1. The number of anilines is 3. The second-order valence-electron chi connectivity index (χ2n) is 5.75. The summed E-state index contributed by atoms with van der Waals surface area (Å²) in [6.07, 6.45) is 0. The molecule has 1 aromatic heterocycles. The summed E-state index contributed by atoms with van der Waals surface area (Å²) in [5, 5.41) is 6.58. The van der Waals surface area contributed by atoms with E-state index in [9.17, 15) is 4.39 Å². The first kappa shape index (κ1) is 15.5. The Bertz CT molecular complexity index is 677. The van der Waals surface area contributed by atoms with Gasteiger partial charge in [0.05, 0.1) is 0 Å². The minimum Gasteiger partial charge on any atom is -0.368 e. The summed E-state index contributed by atoms with van der Waals surface area (Å²) in [5.74, 6) is 1.44. The second-order valence-corrected chi connectivity index (χ2v) is 5.75. The Morgan fingerprint density at radius 1 is 1.39 bits per heavy atom. The van der Waals surface area contributed by atoms with E-state index in [1.807, 2.05) is 12.1 Å². The summed E-state index contributed by atoms with van der Waals surface area (Å²) in [7, 11) is 0. The maximum absolute atomic E-state index is 13.2. The van der Waals surface area contributed by atoms with Gasteiger partial charge in [-0.15, -0.1) is 0 Å². The van der Waals surface area contributed by atoms with Crippen LogP contribution < -0.4 is 21.3 Å². The van der Waals surface area contributed by atoms with E-state index in [2.05, 4.69) is 32.4 Å². The van der Waals surface area contributed by atoms with Crippen LogP contribution in [0.5, 0.6) is 0 Å². The van der Waals surface area contributed by atoms with Crippen LogP contribution in [0.3, 0.4) is 0 Å². The van der Waals surface area contributed by atoms with Gasteiger partial charge in [-0.3, -0.25) is 0 Å². The summed E-state index contributed by atoms with van der Waals surface area (Å²) in [5.41, 5.74) is 6.68. The molecule has 1 saturated heterocycles. The minimum atomic E-state index is -0.248. The van der Waals surface area contributed by atoms with Crippen molar-refractivity contribution in [3.63, 3.8) is 0 Å². The van der Waals surface area contributed by atoms with Crippen LogP contribution in [0.4, 0.5) is 22.0 Å². The van der Waals surface area contributed by atoms with Gasteiger partial charge in [-0.25, -0.2) is 4.39 Å². The minimum absolute atomic E-state index is 0.232. The molecule has 0 spiro atoms. The zero-order chi connectivity index (χ0) is 16.2. The van der Waals surface area contributed by atoms with Crippen LogP contribution in [-0.4, -0.2) is 35.6 Å². The molecule has 0 unspecified atom stereocenters. The number of aromatic nitrogens is 2. The molecular formula is C16H21FN6. The third kappa shape index (κ3) is 4.07. The van der Waals surface area contributed by atoms with Gasteiger partial charge in [-0.05, 0) is 24.6 Å². The molecule has 122 valence electrons. The third-order valence-electron chi connectivity index (χ3n) is 3.79. The van der Waals surface area contributed by atoms with Crippen molar-refractivity contribution in [3.8, 4) is 0 Å². The molecule has 1 aliphatic rings. The maximum atomic E-state index is 13.2. The summed E-state index contributed by atoms with van der Waals surface area (Å²) in [4.78, 5) is 10.7. The lowest BCUT2D eigenvalue weighted by Gasteiger charge is -2.32. The van der Waals surface area contributed by atoms with Crippen LogP contribution in [-0.2, 0) is 6.54 Å². The molecule has 1 fully saturated rings. The fraction of sp³-hybridized carbons (Fsp3) is 0.375. The van der Waals surface area contributed by atoms with Gasteiger partial charge >= 0.3 is 0 Å². The maximum Gasteiger partial charge on any atom is 0.223 e. The molecule has 0 bridgehead atoms. The molecule has 0 amide bonds. The SMILES string of the molecule is C[C@H]1CN(c2cc(NCc3cccc(F)c3)nc(N)n2)CCN1. The number of hydrogen-bond donors (Lipinski definition) is 3. The summed E-state index contributed by atoms with van der Waals surface area (Å²) < 4.78 is 13.2. The molecule has 2 aromatic rings. The first-order valence-corrected chi connectivity index (χ1v) is 7.71. The number of halogens is 1. The van der Waals surface area contributed by atoms with Crippen LogP contribution >= 0.6 is 0 Å². The topological polar surface area (TPSA) is 79.1 Å². The van der Waals surface area contributed by atoms with Crippen LogP contribution in [0.25, 0.3) is 0 Å². The quantitative estimate of drug-likeness (QED) is 0.795. The largest absolute Gasteiger partial charge is 0.368 e. The lowest BCUT2D eigenvalue weighted by molar-refractivity contribution is 0.482. The molecule has 1 aliphatic heterocycles. The highest BCUT2D eigenvalue weighted by molar-refractivity contribution is 5.53. The van der Waals surface area contributed by atoms with Crippen LogP contribution in [0.1, 0.15) is 12.5 Å². The molecule has 0 saturated carbocycles. The number of nitrogen functional groups attached to an aromatic ring is 1. The lowest BCUT2D eigenvalue weighted by atomic mass is 10.2. The second kappa shape index (κ2) is 6.78. The molecular weight excluding hydrogens is 295 g/mol. The molecule has 0 radical (unpaired) electrons. The number of nitrogens with zero attached hydrogens (tertiary/aromatic N) is 3. The van der Waals surface area contributed by atoms with E-state index in [0.29, 0.717) is 18.4 Å². The predicted molar refractivity (Wildman–Crippen MR) is 89.8 cm³/mol. The average Bonchev–Trinajstić information content (AvgIpc) is 2.52. The molecule has 23 heavy (non-hydrogen) atoms. The Kier molecular flexibility index (Phi) is 4.57. The van der Waals surface area contributed by atoms with Crippen molar-refractivity contribution in [1.82, 2.24) is 15.3 Å². The van der Waals surface area contributed by atoms with Gasteiger partial charge in [0.25, 0.3) is 0 Å². The van der Waals surface area contributed by atoms with Crippen molar-refractivity contribution in [2.45, 2.75) is 19.5 Å². The van der Waals surface area contributed by atoms with E-state index in [4.69, 9.17) is 5.73 Å². The number of piperazine rings is 1. The summed E-state index contributed by atoms with van der Waals surface area (Å²) in [6, 6.07) is 8.76. The highest BCUT2D eigenvalue weighted by Crippen LogP contribution is 2.19. The molecule has 6 nitrogen and oxygen atoms in total. The number of benzene rings is 1. The van der Waals surface area contributed by atoms with Gasteiger partial charge in [-0.1, -0.05) is 12.1 Å².